The predicted octanol–water partition coefficient (Wildman–Crippen LogP) is 2.86. The van der Waals surface area contributed by atoms with Gasteiger partial charge in [-0.1, -0.05) is 40.5 Å². The molecule has 1 aliphatic rings. The average Bonchev–Trinajstić information content (AvgIpc) is 2.85. The third-order valence-electron chi connectivity index (χ3n) is 4.81. The van der Waals surface area contributed by atoms with Gasteiger partial charge in [-0.3, -0.25) is 4.79 Å². The summed E-state index contributed by atoms with van der Waals surface area (Å²) >= 11 is 0. The lowest BCUT2D eigenvalue weighted by atomic mass is 9.85. The van der Waals surface area contributed by atoms with E-state index < -0.39 is 11.4 Å². The summed E-state index contributed by atoms with van der Waals surface area (Å²) in [7, 11) is 0. The number of carbonyl (C=O) groups excluding carboxylic acids is 1. The van der Waals surface area contributed by atoms with E-state index in [-0.39, 0.29) is 12.6 Å². The molecule has 0 aromatic rings. The van der Waals surface area contributed by atoms with Crippen LogP contribution in [-0.4, -0.2) is 30.2 Å². The van der Waals surface area contributed by atoms with Crippen LogP contribution in [0, 0.1) is 23.2 Å². The van der Waals surface area contributed by atoms with Gasteiger partial charge in [0.15, 0.2) is 0 Å². The minimum Gasteiger partial charge on any atom is -0.481 e. The van der Waals surface area contributed by atoms with Crippen molar-refractivity contribution in [3.8, 4) is 0 Å². The van der Waals surface area contributed by atoms with Crippen LogP contribution in [0.3, 0.4) is 0 Å². The zero-order valence-electron chi connectivity index (χ0n) is 13.7. The molecular weight excluding hydrogens is 268 g/mol. The number of hydrogen-bond donors (Lipinski definition) is 3. The Morgan fingerprint density at radius 3 is 2.00 bits per heavy atom. The number of aliphatic carboxylic acids is 1. The van der Waals surface area contributed by atoms with Gasteiger partial charge in [0.05, 0.1) is 5.41 Å². The topological polar surface area (TPSA) is 78.4 Å². The van der Waals surface area contributed by atoms with Crippen molar-refractivity contribution in [2.45, 2.75) is 53.4 Å². The summed E-state index contributed by atoms with van der Waals surface area (Å²) in [4.78, 5) is 23.3. The summed E-state index contributed by atoms with van der Waals surface area (Å²) in [5.41, 5.74) is -0.757. The molecule has 5 nitrogen and oxygen atoms in total. The highest BCUT2D eigenvalue weighted by Gasteiger charge is 2.41. The number of nitrogens with one attached hydrogen (secondary N) is 2. The molecule has 1 rings (SSSR count). The van der Waals surface area contributed by atoms with Crippen molar-refractivity contribution in [1.29, 1.82) is 0 Å². The molecule has 0 unspecified atom stereocenters. The maximum absolute atomic E-state index is 11.9. The van der Waals surface area contributed by atoms with Gasteiger partial charge in [-0.15, -0.1) is 0 Å². The second kappa shape index (κ2) is 7.66. The van der Waals surface area contributed by atoms with E-state index in [1.54, 1.807) is 0 Å². The van der Waals surface area contributed by atoms with Gasteiger partial charge in [0, 0.05) is 13.1 Å². The normalized spacial score (nSPS) is 17.5. The second-order valence-corrected chi connectivity index (χ2v) is 7.01. The number of urea groups is 1. The van der Waals surface area contributed by atoms with Crippen molar-refractivity contribution < 1.29 is 14.7 Å². The summed E-state index contributed by atoms with van der Waals surface area (Å²) in [5, 5.41) is 15.0. The molecule has 1 saturated carbocycles. The van der Waals surface area contributed by atoms with Crippen LogP contribution in [0.25, 0.3) is 0 Å². The molecule has 0 radical (unpaired) electrons. The molecule has 0 spiro atoms. The van der Waals surface area contributed by atoms with Crippen LogP contribution in [0.2, 0.25) is 0 Å². The summed E-state index contributed by atoms with van der Waals surface area (Å²) in [5.74, 6) is 0.647. The van der Waals surface area contributed by atoms with Crippen molar-refractivity contribution >= 4 is 12.0 Å². The SMILES string of the molecule is CC(C)C(CNC(=O)NCC1(C(=O)O)CCCC1)C(C)C. The molecule has 0 atom stereocenters. The molecule has 1 aliphatic carbocycles. The number of carbonyl (C=O) groups is 2. The molecule has 0 aromatic heterocycles. The Kier molecular flexibility index (Phi) is 6.49. The van der Waals surface area contributed by atoms with Crippen LogP contribution in [0.1, 0.15) is 53.4 Å². The Bertz CT molecular complexity index is 353. The van der Waals surface area contributed by atoms with Crippen molar-refractivity contribution in [1.82, 2.24) is 10.6 Å². The minimum atomic E-state index is -0.789. The zero-order valence-corrected chi connectivity index (χ0v) is 13.7. The summed E-state index contributed by atoms with van der Waals surface area (Å²) in [6, 6.07) is -0.256. The van der Waals surface area contributed by atoms with Crippen LogP contribution < -0.4 is 10.6 Å². The van der Waals surface area contributed by atoms with Gasteiger partial charge in [-0.25, -0.2) is 4.79 Å². The van der Waals surface area contributed by atoms with E-state index in [0.717, 1.165) is 12.8 Å². The molecule has 0 aromatic carbocycles. The Morgan fingerprint density at radius 2 is 1.57 bits per heavy atom. The third kappa shape index (κ3) is 4.90. The number of carboxylic acid groups (broad SMARTS) is 1. The minimum absolute atomic E-state index is 0.224. The largest absolute Gasteiger partial charge is 0.481 e. The number of carboxylic acids is 1. The molecule has 1 fully saturated rings. The second-order valence-electron chi connectivity index (χ2n) is 7.01. The molecule has 2 amide bonds. The van der Waals surface area contributed by atoms with Crippen LogP contribution >= 0.6 is 0 Å². The maximum Gasteiger partial charge on any atom is 0.314 e. The standard InChI is InChI=1S/C16H30N2O3/c1-11(2)13(12(3)4)9-17-15(21)18-10-16(14(19)20)7-5-6-8-16/h11-13H,5-10H2,1-4H3,(H,19,20)(H2,17,18,21). The lowest BCUT2D eigenvalue weighted by Gasteiger charge is -2.26. The van der Waals surface area contributed by atoms with E-state index in [2.05, 4.69) is 38.3 Å². The van der Waals surface area contributed by atoms with E-state index in [1.165, 1.54) is 0 Å². The van der Waals surface area contributed by atoms with E-state index in [9.17, 15) is 14.7 Å². The third-order valence-corrected chi connectivity index (χ3v) is 4.81. The smallest absolute Gasteiger partial charge is 0.314 e. The van der Waals surface area contributed by atoms with E-state index in [0.29, 0.717) is 37.1 Å². The van der Waals surface area contributed by atoms with Gasteiger partial charge in [-0.05, 0) is 30.6 Å². The fourth-order valence-electron chi connectivity index (χ4n) is 3.28. The first-order valence-electron chi connectivity index (χ1n) is 8.03. The first-order valence-corrected chi connectivity index (χ1v) is 8.03. The Hall–Kier alpha value is -1.26. The van der Waals surface area contributed by atoms with Crippen LogP contribution in [-0.2, 0) is 4.79 Å². The first-order chi connectivity index (χ1) is 9.78. The van der Waals surface area contributed by atoms with Crippen molar-refractivity contribution in [3.63, 3.8) is 0 Å². The molecule has 5 heteroatoms. The van der Waals surface area contributed by atoms with E-state index >= 15 is 0 Å². The van der Waals surface area contributed by atoms with Crippen LogP contribution in [0.15, 0.2) is 0 Å². The summed E-state index contributed by atoms with van der Waals surface area (Å²) in [6.07, 6.45) is 3.17. The van der Waals surface area contributed by atoms with Crippen LogP contribution in [0.5, 0.6) is 0 Å². The molecule has 3 N–H and O–H groups in total. The predicted molar refractivity (Wildman–Crippen MR) is 83.1 cm³/mol. The fourth-order valence-corrected chi connectivity index (χ4v) is 3.28. The monoisotopic (exact) mass is 298 g/mol. The highest BCUT2D eigenvalue weighted by Crippen LogP contribution is 2.37. The summed E-state index contributed by atoms with van der Waals surface area (Å²) < 4.78 is 0. The highest BCUT2D eigenvalue weighted by molar-refractivity contribution is 5.78. The lowest BCUT2D eigenvalue weighted by Crippen LogP contribution is -2.46. The van der Waals surface area contributed by atoms with Gasteiger partial charge in [0.25, 0.3) is 0 Å². The number of rotatable bonds is 7. The van der Waals surface area contributed by atoms with Gasteiger partial charge in [0.1, 0.15) is 0 Å². The molecular formula is C16H30N2O3. The average molecular weight is 298 g/mol. The van der Waals surface area contributed by atoms with E-state index in [4.69, 9.17) is 0 Å². The molecule has 0 bridgehead atoms. The summed E-state index contributed by atoms with van der Waals surface area (Å²) in [6.45, 7) is 9.47. The Morgan fingerprint density at radius 1 is 1.05 bits per heavy atom. The van der Waals surface area contributed by atoms with Gasteiger partial charge in [0.2, 0.25) is 0 Å². The van der Waals surface area contributed by atoms with Gasteiger partial charge < -0.3 is 15.7 Å². The van der Waals surface area contributed by atoms with Crippen LogP contribution in [0.4, 0.5) is 4.79 Å². The van der Waals surface area contributed by atoms with Gasteiger partial charge in [-0.2, -0.15) is 0 Å². The molecule has 21 heavy (non-hydrogen) atoms. The molecule has 0 aliphatic heterocycles. The maximum atomic E-state index is 11.9. The Balaban J connectivity index is 2.42. The lowest BCUT2D eigenvalue weighted by molar-refractivity contribution is -0.148. The molecule has 0 heterocycles. The first kappa shape index (κ1) is 17.8. The quantitative estimate of drug-likeness (QED) is 0.676. The van der Waals surface area contributed by atoms with Crippen molar-refractivity contribution in [2.75, 3.05) is 13.1 Å². The fraction of sp³-hybridized carbons (Fsp3) is 0.875. The number of amides is 2. The van der Waals surface area contributed by atoms with Crippen molar-refractivity contribution in [2.24, 2.45) is 23.2 Å². The molecule has 0 saturated heterocycles. The highest BCUT2D eigenvalue weighted by atomic mass is 16.4. The van der Waals surface area contributed by atoms with E-state index in [1.807, 2.05) is 0 Å². The Labute approximate surface area is 127 Å². The molecule has 122 valence electrons. The number of hydrogen-bond acceptors (Lipinski definition) is 2. The zero-order chi connectivity index (χ0) is 16.0. The van der Waals surface area contributed by atoms with Gasteiger partial charge >= 0.3 is 12.0 Å². The van der Waals surface area contributed by atoms with Crippen molar-refractivity contribution in [3.05, 3.63) is 0 Å².